The summed E-state index contributed by atoms with van der Waals surface area (Å²) in [6.07, 6.45) is 1.71. The van der Waals surface area contributed by atoms with Crippen LogP contribution in [0.1, 0.15) is 34.5 Å². The number of aryl methyl sites for hydroxylation is 1. The Bertz CT molecular complexity index is 821. The van der Waals surface area contributed by atoms with Crippen LogP contribution in [0.5, 0.6) is 0 Å². The van der Waals surface area contributed by atoms with Crippen molar-refractivity contribution in [1.29, 1.82) is 0 Å². The number of rotatable bonds is 3. The van der Waals surface area contributed by atoms with Gasteiger partial charge in [-0.3, -0.25) is 9.78 Å². The number of hydrogen-bond donors (Lipinski definition) is 1. The molecule has 0 unspecified atom stereocenters. The minimum Gasteiger partial charge on any atom is -0.345 e. The quantitative estimate of drug-likeness (QED) is 0.791. The van der Waals surface area contributed by atoms with Gasteiger partial charge in [0.25, 0.3) is 5.91 Å². The first-order valence-electron chi connectivity index (χ1n) is 7.37. The van der Waals surface area contributed by atoms with Crippen LogP contribution in [0, 0.1) is 6.92 Å². The lowest BCUT2D eigenvalue weighted by Gasteiger charge is -2.17. The Labute approximate surface area is 130 Å². The van der Waals surface area contributed by atoms with E-state index in [9.17, 15) is 4.79 Å². The van der Waals surface area contributed by atoms with Crippen molar-refractivity contribution in [2.24, 2.45) is 0 Å². The molecular weight excluding hydrogens is 272 g/mol. The third kappa shape index (κ3) is 2.70. The van der Waals surface area contributed by atoms with Crippen molar-refractivity contribution < 1.29 is 4.79 Å². The number of aromatic nitrogens is 1. The Kier molecular flexibility index (Phi) is 3.88. The molecular formula is C19H18N2O. The number of fused-ring (bicyclic) bond motifs is 1. The zero-order chi connectivity index (χ0) is 15.5. The number of amides is 1. The fraction of sp³-hybridized carbons (Fsp3) is 0.158. The molecule has 0 saturated carbocycles. The third-order valence-corrected chi connectivity index (χ3v) is 3.88. The summed E-state index contributed by atoms with van der Waals surface area (Å²) in [4.78, 5) is 16.9. The van der Waals surface area contributed by atoms with E-state index in [1.54, 1.807) is 6.20 Å². The molecule has 3 aromatic rings. The van der Waals surface area contributed by atoms with Gasteiger partial charge >= 0.3 is 0 Å². The molecule has 3 heteroatoms. The van der Waals surface area contributed by atoms with E-state index in [0.29, 0.717) is 5.56 Å². The second-order valence-electron chi connectivity index (χ2n) is 5.43. The molecule has 3 nitrogen and oxygen atoms in total. The Morgan fingerprint density at radius 2 is 1.82 bits per heavy atom. The molecule has 0 spiro atoms. The van der Waals surface area contributed by atoms with Crippen molar-refractivity contribution >= 4 is 16.8 Å². The van der Waals surface area contributed by atoms with Crippen LogP contribution in [0.25, 0.3) is 10.9 Å². The third-order valence-electron chi connectivity index (χ3n) is 3.88. The Balaban J connectivity index is 1.89. The molecule has 0 aliphatic carbocycles. The van der Waals surface area contributed by atoms with Crippen molar-refractivity contribution in [3.05, 3.63) is 77.5 Å². The normalized spacial score (nSPS) is 12.1. The van der Waals surface area contributed by atoms with E-state index in [4.69, 9.17) is 0 Å². The Morgan fingerprint density at radius 3 is 2.64 bits per heavy atom. The summed E-state index contributed by atoms with van der Waals surface area (Å²) in [6, 6.07) is 17.5. The molecule has 110 valence electrons. The predicted molar refractivity (Wildman–Crippen MR) is 88.8 cm³/mol. The van der Waals surface area contributed by atoms with Crippen LogP contribution in [-0.2, 0) is 0 Å². The average molecular weight is 290 g/mol. The highest BCUT2D eigenvalue weighted by Gasteiger charge is 2.15. The molecule has 0 saturated heterocycles. The van der Waals surface area contributed by atoms with E-state index < -0.39 is 0 Å². The maximum absolute atomic E-state index is 12.6. The van der Waals surface area contributed by atoms with Crippen LogP contribution in [0.15, 0.2) is 60.8 Å². The minimum absolute atomic E-state index is 0.0485. The van der Waals surface area contributed by atoms with Crippen LogP contribution in [-0.4, -0.2) is 10.9 Å². The monoisotopic (exact) mass is 290 g/mol. The number of para-hydroxylation sites is 1. The summed E-state index contributed by atoms with van der Waals surface area (Å²) in [6.45, 7) is 4.05. The van der Waals surface area contributed by atoms with Gasteiger partial charge in [0, 0.05) is 11.6 Å². The van der Waals surface area contributed by atoms with Crippen LogP contribution in [0.2, 0.25) is 0 Å². The first-order valence-corrected chi connectivity index (χ1v) is 7.37. The molecule has 2 aromatic carbocycles. The molecule has 0 bridgehead atoms. The first-order chi connectivity index (χ1) is 10.7. The van der Waals surface area contributed by atoms with E-state index >= 15 is 0 Å². The van der Waals surface area contributed by atoms with Crippen molar-refractivity contribution in [2.45, 2.75) is 19.9 Å². The molecule has 0 aliphatic rings. The topological polar surface area (TPSA) is 42.0 Å². The summed E-state index contributed by atoms with van der Waals surface area (Å²) in [5.74, 6) is -0.0972. The zero-order valence-corrected chi connectivity index (χ0v) is 12.7. The lowest BCUT2D eigenvalue weighted by Crippen LogP contribution is -2.27. The Morgan fingerprint density at radius 1 is 1.05 bits per heavy atom. The van der Waals surface area contributed by atoms with Gasteiger partial charge in [0.15, 0.2) is 0 Å². The van der Waals surface area contributed by atoms with Gasteiger partial charge in [0.05, 0.1) is 17.1 Å². The molecule has 1 aromatic heterocycles. The molecule has 0 fully saturated rings. The minimum atomic E-state index is -0.0972. The average Bonchev–Trinajstić information content (AvgIpc) is 2.54. The second kappa shape index (κ2) is 5.98. The molecule has 1 N–H and O–H groups in total. The largest absolute Gasteiger partial charge is 0.345 e. The molecule has 1 atom stereocenters. The molecule has 0 radical (unpaired) electrons. The van der Waals surface area contributed by atoms with Gasteiger partial charge in [0.2, 0.25) is 0 Å². The second-order valence-corrected chi connectivity index (χ2v) is 5.43. The van der Waals surface area contributed by atoms with Crippen molar-refractivity contribution in [2.75, 3.05) is 0 Å². The van der Waals surface area contributed by atoms with Crippen LogP contribution in [0.4, 0.5) is 0 Å². The maximum Gasteiger partial charge on any atom is 0.253 e. The highest BCUT2D eigenvalue weighted by molar-refractivity contribution is 6.05. The number of hydrogen-bond acceptors (Lipinski definition) is 2. The van der Waals surface area contributed by atoms with E-state index in [1.165, 1.54) is 5.56 Å². The summed E-state index contributed by atoms with van der Waals surface area (Å²) in [7, 11) is 0. The van der Waals surface area contributed by atoms with E-state index in [2.05, 4.69) is 23.3 Å². The van der Waals surface area contributed by atoms with Gasteiger partial charge in [-0.05, 0) is 37.1 Å². The van der Waals surface area contributed by atoms with Crippen molar-refractivity contribution in [3.63, 3.8) is 0 Å². The fourth-order valence-corrected chi connectivity index (χ4v) is 2.71. The lowest BCUT2D eigenvalue weighted by atomic mass is 10.0. The molecule has 1 heterocycles. The van der Waals surface area contributed by atoms with Gasteiger partial charge in [-0.15, -0.1) is 0 Å². The summed E-state index contributed by atoms with van der Waals surface area (Å²) >= 11 is 0. The summed E-state index contributed by atoms with van der Waals surface area (Å²) in [5.41, 5.74) is 3.65. The SMILES string of the molecule is Cc1ccccc1[C@H](C)NC(=O)c1cccc2cccnc12. The number of carbonyl (C=O) groups excluding carboxylic acids is 1. The first kappa shape index (κ1) is 14.3. The van der Waals surface area contributed by atoms with Crippen molar-refractivity contribution in [1.82, 2.24) is 10.3 Å². The van der Waals surface area contributed by atoms with Crippen LogP contribution < -0.4 is 5.32 Å². The van der Waals surface area contributed by atoms with E-state index in [0.717, 1.165) is 16.5 Å². The van der Waals surface area contributed by atoms with Crippen LogP contribution >= 0.6 is 0 Å². The molecule has 0 aliphatic heterocycles. The number of nitrogens with zero attached hydrogens (tertiary/aromatic N) is 1. The highest BCUT2D eigenvalue weighted by atomic mass is 16.1. The number of carbonyl (C=O) groups is 1. The highest BCUT2D eigenvalue weighted by Crippen LogP contribution is 2.20. The summed E-state index contributed by atoms with van der Waals surface area (Å²) < 4.78 is 0. The van der Waals surface area contributed by atoms with E-state index in [-0.39, 0.29) is 11.9 Å². The molecule has 22 heavy (non-hydrogen) atoms. The maximum atomic E-state index is 12.6. The van der Waals surface area contributed by atoms with Gasteiger partial charge in [-0.1, -0.05) is 42.5 Å². The van der Waals surface area contributed by atoms with Gasteiger partial charge < -0.3 is 5.32 Å². The molecule has 3 rings (SSSR count). The zero-order valence-electron chi connectivity index (χ0n) is 12.7. The number of pyridine rings is 1. The Hall–Kier alpha value is -2.68. The van der Waals surface area contributed by atoms with Gasteiger partial charge in [-0.25, -0.2) is 0 Å². The smallest absolute Gasteiger partial charge is 0.253 e. The summed E-state index contributed by atoms with van der Waals surface area (Å²) in [5, 5.41) is 4.04. The molecule has 1 amide bonds. The predicted octanol–water partition coefficient (Wildman–Crippen LogP) is 4.03. The fourth-order valence-electron chi connectivity index (χ4n) is 2.71. The van der Waals surface area contributed by atoms with E-state index in [1.807, 2.05) is 55.5 Å². The lowest BCUT2D eigenvalue weighted by molar-refractivity contribution is 0.0941. The van der Waals surface area contributed by atoms with Gasteiger partial charge in [0.1, 0.15) is 0 Å². The van der Waals surface area contributed by atoms with Crippen molar-refractivity contribution in [3.8, 4) is 0 Å². The standard InChI is InChI=1S/C19H18N2O/c1-13-7-3-4-10-16(13)14(2)21-19(22)17-11-5-8-15-9-6-12-20-18(15)17/h3-12,14H,1-2H3,(H,21,22)/t14-/m0/s1. The number of benzene rings is 2. The number of nitrogens with one attached hydrogen (secondary N) is 1. The van der Waals surface area contributed by atoms with Crippen LogP contribution in [0.3, 0.4) is 0 Å². The van der Waals surface area contributed by atoms with Gasteiger partial charge in [-0.2, -0.15) is 0 Å².